The zero-order valence-corrected chi connectivity index (χ0v) is 10.5. The number of rotatable bonds is 2. The van der Waals surface area contributed by atoms with Crippen LogP contribution in [0.2, 0.25) is 5.02 Å². The molecule has 1 saturated heterocycles. The third-order valence-corrected chi connectivity index (χ3v) is 4.74. The molecule has 1 unspecified atom stereocenters. The van der Waals surface area contributed by atoms with Crippen molar-refractivity contribution in [3.8, 4) is 0 Å². The first-order valence-electron chi connectivity index (χ1n) is 5.22. The molecule has 2 N–H and O–H groups in total. The smallest absolute Gasteiger partial charge is 0.0408 e. The Morgan fingerprint density at radius 1 is 1.53 bits per heavy atom. The van der Waals surface area contributed by atoms with Gasteiger partial charge < -0.3 is 5.73 Å². The molecule has 3 heteroatoms. The highest BCUT2D eigenvalue weighted by Gasteiger charge is 2.35. The molecule has 82 valence electrons. The SMILES string of the molecule is Cc1cc(Cl)ccc1C1(CN)CCSC1. The Kier molecular flexibility index (Phi) is 3.29. The van der Waals surface area contributed by atoms with E-state index in [0.717, 1.165) is 17.3 Å². The summed E-state index contributed by atoms with van der Waals surface area (Å²) < 4.78 is 0. The average molecular weight is 242 g/mol. The number of thioether (sulfide) groups is 1. The molecule has 1 atom stereocenters. The fourth-order valence-electron chi connectivity index (χ4n) is 2.31. The van der Waals surface area contributed by atoms with Gasteiger partial charge in [0.25, 0.3) is 0 Å². The third-order valence-electron chi connectivity index (χ3n) is 3.25. The van der Waals surface area contributed by atoms with Crippen LogP contribution in [0, 0.1) is 6.92 Å². The van der Waals surface area contributed by atoms with Crippen LogP contribution in [0.25, 0.3) is 0 Å². The lowest BCUT2D eigenvalue weighted by Gasteiger charge is -2.28. The minimum atomic E-state index is 0.194. The molecular weight excluding hydrogens is 226 g/mol. The van der Waals surface area contributed by atoms with E-state index in [1.807, 2.05) is 23.9 Å². The van der Waals surface area contributed by atoms with Gasteiger partial charge in [-0.15, -0.1) is 0 Å². The normalized spacial score (nSPS) is 25.8. The van der Waals surface area contributed by atoms with Crippen molar-refractivity contribution in [2.75, 3.05) is 18.1 Å². The molecule has 1 aliphatic rings. The number of nitrogens with two attached hydrogens (primary N) is 1. The van der Waals surface area contributed by atoms with Gasteiger partial charge in [0.05, 0.1) is 0 Å². The van der Waals surface area contributed by atoms with Crippen molar-refractivity contribution in [1.82, 2.24) is 0 Å². The van der Waals surface area contributed by atoms with E-state index in [1.54, 1.807) is 0 Å². The van der Waals surface area contributed by atoms with Gasteiger partial charge in [-0.05, 0) is 42.4 Å². The lowest BCUT2D eigenvalue weighted by molar-refractivity contribution is 0.495. The molecule has 0 radical (unpaired) electrons. The Morgan fingerprint density at radius 3 is 2.87 bits per heavy atom. The van der Waals surface area contributed by atoms with Gasteiger partial charge in [-0.3, -0.25) is 0 Å². The van der Waals surface area contributed by atoms with Gasteiger partial charge in [-0.25, -0.2) is 0 Å². The van der Waals surface area contributed by atoms with Crippen LogP contribution in [0.5, 0.6) is 0 Å². The molecule has 0 saturated carbocycles. The molecule has 1 heterocycles. The highest BCUT2D eigenvalue weighted by atomic mass is 35.5. The lowest BCUT2D eigenvalue weighted by atomic mass is 9.78. The quantitative estimate of drug-likeness (QED) is 0.862. The van der Waals surface area contributed by atoms with E-state index in [2.05, 4.69) is 13.0 Å². The maximum absolute atomic E-state index is 5.98. The molecule has 1 nitrogen and oxygen atoms in total. The highest BCUT2D eigenvalue weighted by Crippen LogP contribution is 2.40. The molecule has 1 aromatic carbocycles. The van der Waals surface area contributed by atoms with Crippen molar-refractivity contribution in [1.29, 1.82) is 0 Å². The van der Waals surface area contributed by atoms with E-state index in [-0.39, 0.29) is 5.41 Å². The summed E-state index contributed by atoms with van der Waals surface area (Å²) in [6.45, 7) is 2.87. The van der Waals surface area contributed by atoms with E-state index < -0.39 is 0 Å². The van der Waals surface area contributed by atoms with Crippen molar-refractivity contribution < 1.29 is 0 Å². The molecule has 2 rings (SSSR count). The van der Waals surface area contributed by atoms with Gasteiger partial charge in [-0.2, -0.15) is 11.8 Å². The standard InChI is InChI=1S/C12H16ClNS/c1-9-6-10(13)2-3-11(9)12(7-14)4-5-15-8-12/h2-3,6H,4-5,7-8,14H2,1H3. The Bertz CT molecular complexity index is 359. The number of aryl methyl sites for hydroxylation is 1. The van der Waals surface area contributed by atoms with E-state index in [1.165, 1.54) is 23.3 Å². The van der Waals surface area contributed by atoms with Gasteiger partial charge in [0.15, 0.2) is 0 Å². The molecule has 1 fully saturated rings. The zero-order chi connectivity index (χ0) is 10.9. The zero-order valence-electron chi connectivity index (χ0n) is 8.92. The van der Waals surface area contributed by atoms with E-state index in [4.69, 9.17) is 17.3 Å². The second-order valence-corrected chi connectivity index (χ2v) is 5.79. The summed E-state index contributed by atoms with van der Waals surface area (Å²) in [4.78, 5) is 0. The van der Waals surface area contributed by atoms with Crippen molar-refractivity contribution in [2.45, 2.75) is 18.8 Å². The first-order chi connectivity index (χ1) is 7.18. The molecule has 1 aliphatic heterocycles. The predicted molar refractivity (Wildman–Crippen MR) is 68.9 cm³/mol. The summed E-state index contributed by atoms with van der Waals surface area (Å²) in [5.41, 5.74) is 8.82. The maximum atomic E-state index is 5.98. The summed E-state index contributed by atoms with van der Waals surface area (Å²) in [6, 6.07) is 6.16. The largest absolute Gasteiger partial charge is 0.330 e. The van der Waals surface area contributed by atoms with Gasteiger partial charge in [0, 0.05) is 22.7 Å². The molecule has 0 spiro atoms. The van der Waals surface area contributed by atoms with Crippen LogP contribution in [0.4, 0.5) is 0 Å². The Labute approximate surface area is 100 Å². The first kappa shape index (κ1) is 11.3. The first-order valence-corrected chi connectivity index (χ1v) is 6.76. The van der Waals surface area contributed by atoms with Gasteiger partial charge >= 0.3 is 0 Å². The fourth-order valence-corrected chi connectivity index (χ4v) is 4.03. The van der Waals surface area contributed by atoms with E-state index >= 15 is 0 Å². The Balaban J connectivity index is 2.42. The van der Waals surface area contributed by atoms with Gasteiger partial charge in [-0.1, -0.05) is 17.7 Å². The molecule has 1 aromatic rings. The average Bonchev–Trinajstić information content (AvgIpc) is 2.67. The summed E-state index contributed by atoms with van der Waals surface area (Å²) in [5, 5.41) is 0.814. The number of halogens is 1. The van der Waals surface area contributed by atoms with E-state index in [9.17, 15) is 0 Å². The highest BCUT2D eigenvalue weighted by molar-refractivity contribution is 7.99. The van der Waals surface area contributed by atoms with Crippen molar-refractivity contribution >= 4 is 23.4 Å². The second-order valence-electron chi connectivity index (χ2n) is 4.25. The summed E-state index contributed by atoms with van der Waals surface area (Å²) >= 11 is 7.98. The van der Waals surface area contributed by atoms with Gasteiger partial charge in [0.2, 0.25) is 0 Å². The number of hydrogen-bond acceptors (Lipinski definition) is 2. The second kappa shape index (κ2) is 4.36. The van der Waals surface area contributed by atoms with Crippen LogP contribution in [0.3, 0.4) is 0 Å². The van der Waals surface area contributed by atoms with Crippen molar-refractivity contribution in [2.24, 2.45) is 5.73 Å². The summed E-state index contributed by atoms with van der Waals surface area (Å²) in [5.74, 6) is 2.37. The topological polar surface area (TPSA) is 26.0 Å². The number of hydrogen-bond donors (Lipinski definition) is 1. The van der Waals surface area contributed by atoms with Crippen molar-refractivity contribution in [3.63, 3.8) is 0 Å². The van der Waals surface area contributed by atoms with Crippen LogP contribution >= 0.6 is 23.4 Å². The van der Waals surface area contributed by atoms with Crippen LogP contribution in [-0.2, 0) is 5.41 Å². The molecule has 0 aliphatic carbocycles. The molecule has 0 aromatic heterocycles. The van der Waals surface area contributed by atoms with Crippen LogP contribution in [-0.4, -0.2) is 18.1 Å². The Hall–Kier alpha value is -0.180. The van der Waals surface area contributed by atoms with Crippen molar-refractivity contribution in [3.05, 3.63) is 34.3 Å². The minimum absolute atomic E-state index is 0.194. The predicted octanol–water partition coefficient (Wildman–Crippen LogP) is 2.98. The van der Waals surface area contributed by atoms with Crippen LogP contribution in [0.15, 0.2) is 18.2 Å². The third kappa shape index (κ3) is 2.03. The van der Waals surface area contributed by atoms with E-state index in [0.29, 0.717) is 0 Å². The maximum Gasteiger partial charge on any atom is 0.0408 e. The number of benzene rings is 1. The molecular formula is C12H16ClNS. The summed E-state index contributed by atoms with van der Waals surface area (Å²) in [6.07, 6.45) is 1.19. The Morgan fingerprint density at radius 2 is 2.33 bits per heavy atom. The summed E-state index contributed by atoms with van der Waals surface area (Å²) in [7, 11) is 0. The molecule has 0 amide bonds. The van der Waals surface area contributed by atoms with Gasteiger partial charge in [0.1, 0.15) is 0 Å². The van der Waals surface area contributed by atoms with Crippen LogP contribution < -0.4 is 5.73 Å². The molecule has 15 heavy (non-hydrogen) atoms. The minimum Gasteiger partial charge on any atom is -0.330 e. The van der Waals surface area contributed by atoms with Crippen LogP contribution in [0.1, 0.15) is 17.5 Å². The fraction of sp³-hybridized carbons (Fsp3) is 0.500. The lowest BCUT2D eigenvalue weighted by Crippen LogP contribution is -2.35. The molecule has 0 bridgehead atoms. The monoisotopic (exact) mass is 241 g/mol.